The Morgan fingerprint density at radius 2 is 1.83 bits per heavy atom. The third-order valence-electron chi connectivity index (χ3n) is 2.65. The molecule has 0 bridgehead atoms. The lowest BCUT2D eigenvalue weighted by Crippen LogP contribution is -2.20. The molecule has 0 spiro atoms. The van der Waals surface area contributed by atoms with Crippen molar-refractivity contribution in [2.24, 2.45) is 5.73 Å². The Kier molecular flexibility index (Phi) is 3.65. The number of halogens is 3. The van der Waals surface area contributed by atoms with Crippen molar-refractivity contribution in [1.82, 2.24) is 0 Å². The first-order chi connectivity index (χ1) is 8.46. The van der Waals surface area contributed by atoms with Crippen LogP contribution in [0, 0.1) is 0 Å². The van der Waals surface area contributed by atoms with E-state index in [4.69, 9.17) is 15.2 Å². The van der Waals surface area contributed by atoms with E-state index < -0.39 is 18.6 Å². The molecule has 0 amide bonds. The Morgan fingerprint density at radius 3 is 2.50 bits per heavy atom. The monoisotopic (exact) mass is 261 g/mol. The largest absolute Gasteiger partial charge is 0.490 e. The molecule has 1 aromatic carbocycles. The Bertz CT molecular complexity index is 420. The molecule has 100 valence electrons. The second kappa shape index (κ2) is 5.06. The maximum atomic E-state index is 12.3. The number of nitrogens with two attached hydrogens (primary N) is 1. The van der Waals surface area contributed by atoms with Crippen molar-refractivity contribution in [1.29, 1.82) is 0 Å². The number of ether oxygens (including phenoxy) is 2. The van der Waals surface area contributed by atoms with Crippen molar-refractivity contribution >= 4 is 0 Å². The first-order valence-corrected chi connectivity index (χ1v) is 5.67. The highest BCUT2D eigenvalue weighted by Gasteiger charge is 2.31. The summed E-state index contributed by atoms with van der Waals surface area (Å²) in [6, 6.07) is 3.59. The highest BCUT2D eigenvalue weighted by atomic mass is 19.4. The van der Waals surface area contributed by atoms with Crippen LogP contribution in [-0.4, -0.2) is 19.4 Å². The van der Waals surface area contributed by atoms with Gasteiger partial charge in [-0.15, -0.1) is 0 Å². The number of hydrogen-bond donors (Lipinski definition) is 1. The summed E-state index contributed by atoms with van der Waals surface area (Å²) in [5, 5.41) is 0. The van der Waals surface area contributed by atoms with Gasteiger partial charge in [0.1, 0.15) is 0 Å². The molecule has 18 heavy (non-hydrogen) atoms. The lowest BCUT2D eigenvalue weighted by Gasteiger charge is -2.16. The molecule has 1 aliphatic rings. The van der Waals surface area contributed by atoms with Gasteiger partial charge < -0.3 is 15.2 Å². The minimum atomic E-state index is -4.27. The van der Waals surface area contributed by atoms with E-state index >= 15 is 0 Å². The van der Waals surface area contributed by atoms with Crippen molar-refractivity contribution in [3.8, 4) is 11.5 Å². The molecule has 0 aromatic heterocycles. The zero-order valence-corrected chi connectivity index (χ0v) is 9.67. The van der Waals surface area contributed by atoms with Crippen LogP contribution in [0.25, 0.3) is 0 Å². The maximum Gasteiger partial charge on any atom is 0.390 e. The first-order valence-electron chi connectivity index (χ1n) is 5.67. The SMILES string of the molecule is NC(CC(F)(F)F)c1ccc2c(c1)OCCCO2. The van der Waals surface area contributed by atoms with E-state index in [1.54, 1.807) is 12.1 Å². The fraction of sp³-hybridized carbons (Fsp3) is 0.500. The standard InChI is InChI=1S/C12H14F3NO2/c13-12(14,15)7-9(16)8-2-3-10-11(6-8)18-5-1-4-17-10/h2-3,6,9H,1,4-5,7,16H2. The topological polar surface area (TPSA) is 44.5 Å². The van der Waals surface area contributed by atoms with Crippen molar-refractivity contribution in [3.63, 3.8) is 0 Å². The van der Waals surface area contributed by atoms with Gasteiger partial charge in [0.05, 0.1) is 19.6 Å². The fourth-order valence-corrected chi connectivity index (χ4v) is 1.78. The fourth-order valence-electron chi connectivity index (χ4n) is 1.78. The highest BCUT2D eigenvalue weighted by Crippen LogP contribution is 2.34. The van der Waals surface area contributed by atoms with Gasteiger partial charge in [-0.3, -0.25) is 0 Å². The van der Waals surface area contributed by atoms with Crippen molar-refractivity contribution in [2.75, 3.05) is 13.2 Å². The third-order valence-corrected chi connectivity index (χ3v) is 2.65. The van der Waals surface area contributed by atoms with Crippen LogP contribution < -0.4 is 15.2 Å². The molecule has 1 aliphatic heterocycles. The predicted molar refractivity (Wildman–Crippen MR) is 59.6 cm³/mol. The summed E-state index contributed by atoms with van der Waals surface area (Å²) in [4.78, 5) is 0. The predicted octanol–water partition coefficient (Wildman–Crippen LogP) is 2.80. The number of hydrogen-bond acceptors (Lipinski definition) is 3. The summed E-state index contributed by atoms with van der Waals surface area (Å²) < 4.78 is 47.6. The van der Waals surface area contributed by atoms with Crippen LogP contribution in [0.4, 0.5) is 13.2 Å². The van der Waals surface area contributed by atoms with Gasteiger partial charge in [-0.2, -0.15) is 13.2 Å². The minimum absolute atomic E-state index is 0.400. The number of rotatable bonds is 2. The smallest absolute Gasteiger partial charge is 0.390 e. The summed E-state index contributed by atoms with van der Waals surface area (Å²) >= 11 is 0. The molecular formula is C12H14F3NO2. The van der Waals surface area contributed by atoms with Crippen molar-refractivity contribution in [2.45, 2.75) is 25.1 Å². The summed E-state index contributed by atoms with van der Waals surface area (Å²) in [6.07, 6.45) is -4.57. The summed E-state index contributed by atoms with van der Waals surface area (Å²) in [5.74, 6) is 1.01. The van der Waals surface area contributed by atoms with Gasteiger partial charge in [-0.25, -0.2) is 0 Å². The lowest BCUT2D eigenvalue weighted by atomic mass is 10.0. The van der Waals surface area contributed by atoms with E-state index in [2.05, 4.69) is 0 Å². The minimum Gasteiger partial charge on any atom is -0.490 e. The van der Waals surface area contributed by atoms with Gasteiger partial charge in [-0.05, 0) is 17.7 Å². The van der Waals surface area contributed by atoms with Crippen LogP contribution in [0.15, 0.2) is 18.2 Å². The molecule has 1 aromatic rings. The second-order valence-electron chi connectivity index (χ2n) is 4.18. The molecule has 1 unspecified atom stereocenters. The van der Waals surface area contributed by atoms with Gasteiger partial charge in [-0.1, -0.05) is 6.07 Å². The van der Waals surface area contributed by atoms with Gasteiger partial charge in [0.15, 0.2) is 11.5 Å². The van der Waals surface area contributed by atoms with Crippen LogP contribution in [0.1, 0.15) is 24.4 Å². The van der Waals surface area contributed by atoms with Crippen LogP contribution >= 0.6 is 0 Å². The lowest BCUT2D eigenvalue weighted by molar-refractivity contribution is -0.138. The van der Waals surface area contributed by atoms with E-state index in [-0.39, 0.29) is 0 Å². The maximum absolute atomic E-state index is 12.3. The average Bonchev–Trinajstić information content (AvgIpc) is 2.50. The molecule has 3 nitrogen and oxygen atoms in total. The Morgan fingerprint density at radius 1 is 1.17 bits per heavy atom. The quantitative estimate of drug-likeness (QED) is 0.890. The van der Waals surface area contributed by atoms with E-state index in [1.165, 1.54) is 6.07 Å². The second-order valence-corrected chi connectivity index (χ2v) is 4.18. The average molecular weight is 261 g/mol. The van der Waals surface area contributed by atoms with Gasteiger partial charge in [0.2, 0.25) is 0 Å². The van der Waals surface area contributed by atoms with Crippen LogP contribution in [0.3, 0.4) is 0 Å². The molecule has 0 radical (unpaired) electrons. The summed E-state index contributed by atoms with van der Waals surface area (Å²) in [5.41, 5.74) is 5.94. The Labute approximate surface area is 103 Å². The van der Waals surface area contributed by atoms with Gasteiger partial charge in [0, 0.05) is 12.5 Å². The molecule has 2 N–H and O–H groups in total. The molecular weight excluding hydrogens is 247 g/mol. The van der Waals surface area contributed by atoms with E-state index in [0.717, 1.165) is 6.42 Å². The van der Waals surface area contributed by atoms with Gasteiger partial charge in [0.25, 0.3) is 0 Å². The third kappa shape index (κ3) is 3.29. The van der Waals surface area contributed by atoms with E-state index in [1.807, 2.05) is 0 Å². The Hall–Kier alpha value is -1.43. The summed E-state index contributed by atoms with van der Waals surface area (Å²) in [7, 11) is 0. The molecule has 0 fully saturated rings. The summed E-state index contributed by atoms with van der Waals surface area (Å²) in [6.45, 7) is 1.03. The zero-order valence-electron chi connectivity index (χ0n) is 9.67. The van der Waals surface area contributed by atoms with E-state index in [0.29, 0.717) is 30.3 Å². The molecule has 6 heteroatoms. The van der Waals surface area contributed by atoms with Crippen LogP contribution in [0.2, 0.25) is 0 Å². The zero-order chi connectivity index (χ0) is 13.2. The molecule has 2 rings (SSSR count). The molecule has 1 atom stereocenters. The van der Waals surface area contributed by atoms with Crippen LogP contribution in [0.5, 0.6) is 11.5 Å². The molecule has 0 aliphatic carbocycles. The normalized spacial score (nSPS) is 17.1. The van der Waals surface area contributed by atoms with Crippen molar-refractivity contribution in [3.05, 3.63) is 23.8 Å². The molecule has 0 saturated heterocycles. The first kappa shape index (κ1) is 13.0. The van der Waals surface area contributed by atoms with E-state index in [9.17, 15) is 13.2 Å². The number of alkyl halides is 3. The van der Waals surface area contributed by atoms with Crippen molar-refractivity contribution < 1.29 is 22.6 Å². The number of fused-ring (bicyclic) bond motifs is 1. The Balaban J connectivity index is 2.17. The molecule has 0 saturated carbocycles. The molecule has 1 heterocycles. The van der Waals surface area contributed by atoms with Gasteiger partial charge >= 0.3 is 6.18 Å². The van der Waals surface area contributed by atoms with Crippen LogP contribution in [-0.2, 0) is 0 Å². The number of benzene rings is 1. The highest BCUT2D eigenvalue weighted by molar-refractivity contribution is 5.44.